The van der Waals surface area contributed by atoms with Gasteiger partial charge < -0.3 is 14.9 Å². The number of fused-ring (bicyclic) bond motifs is 1. The van der Waals surface area contributed by atoms with Crippen molar-refractivity contribution in [1.82, 2.24) is 15.6 Å². The molecule has 0 fully saturated rings. The fraction of sp³-hybridized carbons (Fsp3) is 0.182. The first-order chi connectivity index (χ1) is 15.8. The minimum absolute atomic E-state index is 0.0889. The Morgan fingerprint density at radius 1 is 1.21 bits per heavy atom. The van der Waals surface area contributed by atoms with Gasteiger partial charge in [0.25, 0.3) is 0 Å². The average Bonchev–Trinajstić information content (AvgIpc) is 3.41. The fourth-order valence-electron chi connectivity index (χ4n) is 3.13. The summed E-state index contributed by atoms with van der Waals surface area (Å²) in [6, 6.07) is 12.2. The molecule has 2 heterocycles. The van der Waals surface area contributed by atoms with Gasteiger partial charge in [-0.1, -0.05) is 42.5 Å². The van der Waals surface area contributed by atoms with Crippen molar-refractivity contribution in [3.05, 3.63) is 60.1 Å². The van der Waals surface area contributed by atoms with E-state index in [0.717, 1.165) is 10.4 Å². The van der Waals surface area contributed by atoms with E-state index in [-0.39, 0.29) is 23.3 Å². The van der Waals surface area contributed by atoms with E-state index in [1.165, 1.54) is 23.5 Å². The number of carbonyl (C=O) groups is 1. The molecule has 33 heavy (non-hydrogen) atoms. The number of anilines is 2. The summed E-state index contributed by atoms with van der Waals surface area (Å²) in [7, 11) is 0. The molecule has 0 spiro atoms. The first-order valence-electron chi connectivity index (χ1n) is 9.95. The number of thiazole rings is 1. The molecule has 4 N–H and O–H groups in total. The minimum atomic E-state index is -1.12. The van der Waals surface area contributed by atoms with Crippen molar-refractivity contribution in [2.24, 2.45) is 10.9 Å². The summed E-state index contributed by atoms with van der Waals surface area (Å²) < 4.78 is 19.4. The van der Waals surface area contributed by atoms with Crippen molar-refractivity contribution in [3.8, 4) is 11.3 Å². The van der Waals surface area contributed by atoms with Crippen molar-refractivity contribution in [3.63, 3.8) is 0 Å². The van der Waals surface area contributed by atoms with E-state index in [4.69, 9.17) is 4.52 Å². The van der Waals surface area contributed by atoms with Crippen LogP contribution >= 0.6 is 11.3 Å². The van der Waals surface area contributed by atoms with E-state index >= 15 is 0 Å². The highest BCUT2D eigenvalue weighted by atomic mass is 32.1. The fourth-order valence-corrected chi connectivity index (χ4v) is 4.04. The molecule has 0 aliphatic rings. The molecule has 4 aromatic rings. The first-order valence-corrected chi connectivity index (χ1v) is 10.8. The highest BCUT2D eigenvalue weighted by Gasteiger charge is 2.23. The van der Waals surface area contributed by atoms with Gasteiger partial charge in [0.2, 0.25) is 5.76 Å². The molecule has 0 saturated heterocycles. The van der Waals surface area contributed by atoms with Crippen molar-refractivity contribution in [2.45, 2.75) is 19.9 Å². The number of aliphatic imine (C=N–C) groups is 1. The normalized spacial score (nSPS) is 12.8. The van der Waals surface area contributed by atoms with Crippen molar-refractivity contribution in [1.29, 1.82) is 0 Å². The summed E-state index contributed by atoms with van der Waals surface area (Å²) in [5.74, 6) is -1.77. The van der Waals surface area contributed by atoms with Gasteiger partial charge >= 0.3 is 5.97 Å². The number of hydrogen-bond acceptors (Lipinski definition) is 8. The van der Waals surface area contributed by atoms with Gasteiger partial charge in [-0.25, -0.2) is 24.6 Å². The van der Waals surface area contributed by atoms with Crippen LogP contribution in [0, 0.1) is 11.7 Å². The predicted octanol–water partition coefficient (Wildman–Crippen LogP) is 4.67. The Morgan fingerprint density at radius 2 is 2.03 bits per heavy atom. The lowest BCUT2D eigenvalue weighted by Gasteiger charge is -2.12. The predicted molar refractivity (Wildman–Crippen MR) is 123 cm³/mol. The van der Waals surface area contributed by atoms with Crippen LogP contribution in [0.15, 0.2) is 58.0 Å². The standard InChI is InChI=1S/C22H20FN5O4S/c1-11(2)19(21(29)30)26-20(27-31)17-10-16(28-32-17)12-4-3-5-14(8-12)24-22-25-15-7-6-13(23)9-18(15)33-22/h3-11,19,31H,1-2H3,(H,24,25)(H,26,27)(H,29,30). The molecule has 2 aromatic carbocycles. The maximum Gasteiger partial charge on any atom is 0.328 e. The topological polar surface area (TPSA) is 133 Å². The molecule has 0 radical (unpaired) electrons. The van der Waals surface area contributed by atoms with Crippen LogP contribution in [0.4, 0.5) is 15.2 Å². The SMILES string of the molecule is CC(C)C(N=C(NO)c1cc(-c2cccc(Nc3nc4ccc(F)cc4s3)c2)no1)C(=O)O. The summed E-state index contributed by atoms with van der Waals surface area (Å²) in [6.07, 6.45) is 0. The monoisotopic (exact) mass is 469 g/mol. The number of nitrogens with zero attached hydrogens (tertiary/aromatic N) is 3. The number of benzene rings is 2. The van der Waals surface area contributed by atoms with Crippen molar-refractivity contribution >= 4 is 44.2 Å². The summed E-state index contributed by atoms with van der Waals surface area (Å²) in [5.41, 5.74) is 4.49. The molecule has 4 rings (SSSR count). The van der Waals surface area contributed by atoms with Crippen LogP contribution in [0.3, 0.4) is 0 Å². The molecule has 1 atom stereocenters. The Kier molecular flexibility index (Phi) is 6.33. The second-order valence-electron chi connectivity index (χ2n) is 7.53. The quantitative estimate of drug-likeness (QED) is 0.174. The maximum atomic E-state index is 13.4. The highest BCUT2D eigenvalue weighted by Crippen LogP contribution is 2.30. The van der Waals surface area contributed by atoms with Gasteiger partial charge in [0, 0.05) is 17.3 Å². The van der Waals surface area contributed by atoms with Gasteiger partial charge in [-0.3, -0.25) is 5.21 Å². The number of hydrogen-bond donors (Lipinski definition) is 4. The Balaban J connectivity index is 1.58. The van der Waals surface area contributed by atoms with Gasteiger partial charge in [-0.05, 0) is 36.2 Å². The molecule has 11 heteroatoms. The molecular weight excluding hydrogens is 449 g/mol. The third-order valence-electron chi connectivity index (χ3n) is 4.76. The Bertz CT molecular complexity index is 1330. The molecule has 0 bridgehead atoms. The molecule has 0 amide bonds. The third kappa shape index (κ3) is 4.99. The molecule has 0 aliphatic heterocycles. The summed E-state index contributed by atoms with van der Waals surface area (Å²) in [5, 5.41) is 26.6. The van der Waals surface area contributed by atoms with E-state index in [0.29, 0.717) is 21.9 Å². The second kappa shape index (κ2) is 9.35. The van der Waals surface area contributed by atoms with Gasteiger partial charge in [0.1, 0.15) is 11.5 Å². The van der Waals surface area contributed by atoms with Gasteiger partial charge in [-0.15, -0.1) is 0 Å². The number of aromatic nitrogens is 2. The summed E-state index contributed by atoms with van der Waals surface area (Å²) in [4.78, 5) is 19.9. The molecule has 9 nitrogen and oxygen atoms in total. The smallest absolute Gasteiger partial charge is 0.328 e. The zero-order chi connectivity index (χ0) is 23.5. The molecular formula is C22H20FN5O4S. The van der Waals surface area contributed by atoms with Gasteiger partial charge in [0.05, 0.1) is 10.2 Å². The number of halogens is 1. The average molecular weight is 469 g/mol. The van der Waals surface area contributed by atoms with E-state index in [2.05, 4.69) is 20.4 Å². The number of carboxylic acids is 1. The highest BCUT2D eigenvalue weighted by molar-refractivity contribution is 7.22. The van der Waals surface area contributed by atoms with E-state index in [1.54, 1.807) is 26.0 Å². The Hall–Kier alpha value is -3.83. The molecule has 0 saturated carbocycles. The van der Waals surface area contributed by atoms with Crippen LogP contribution in [-0.2, 0) is 4.79 Å². The summed E-state index contributed by atoms with van der Waals surface area (Å²) in [6.45, 7) is 3.42. The number of carboxylic acid groups (broad SMARTS) is 1. The van der Waals surface area contributed by atoms with Crippen molar-refractivity contribution in [2.75, 3.05) is 5.32 Å². The van der Waals surface area contributed by atoms with E-state index in [9.17, 15) is 19.5 Å². The lowest BCUT2D eigenvalue weighted by molar-refractivity contribution is -0.139. The summed E-state index contributed by atoms with van der Waals surface area (Å²) >= 11 is 1.33. The van der Waals surface area contributed by atoms with Gasteiger partial charge in [-0.2, -0.15) is 0 Å². The first kappa shape index (κ1) is 22.4. The Morgan fingerprint density at radius 3 is 2.76 bits per heavy atom. The Labute approximate surface area is 191 Å². The second-order valence-corrected chi connectivity index (χ2v) is 8.56. The lowest BCUT2D eigenvalue weighted by Crippen LogP contribution is -2.29. The van der Waals surface area contributed by atoms with Gasteiger partial charge in [0.15, 0.2) is 17.0 Å². The van der Waals surface area contributed by atoms with Crippen LogP contribution in [-0.4, -0.2) is 38.3 Å². The van der Waals surface area contributed by atoms with Crippen LogP contribution < -0.4 is 10.8 Å². The zero-order valence-electron chi connectivity index (χ0n) is 17.6. The molecule has 2 aromatic heterocycles. The van der Waals surface area contributed by atoms with E-state index < -0.39 is 12.0 Å². The zero-order valence-corrected chi connectivity index (χ0v) is 18.4. The number of rotatable bonds is 7. The van der Waals surface area contributed by atoms with Crippen LogP contribution in [0.25, 0.3) is 21.5 Å². The van der Waals surface area contributed by atoms with E-state index in [1.807, 2.05) is 29.7 Å². The lowest BCUT2D eigenvalue weighted by atomic mass is 10.1. The van der Waals surface area contributed by atoms with Crippen LogP contribution in [0.2, 0.25) is 0 Å². The van der Waals surface area contributed by atoms with Crippen molar-refractivity contribution < 1.29 is 24.0 Å². The van der Waals surface area contributed by atoms with Crippen LogP contribution in [0.1, 0.15) is 19.6 Å². The number of nitrogens with one attached hydrogen (secondary N) is 2. The maximum absolute atomic E-state index is 13.4. The molecule has 0 aliphatic carbocycles. The number of hydroxylamine groups is 1. The third-order valence-corrected chi connectivity index (χ3v) is 5.70. The largest absolute Gasteiger partial charge is 0.480 e. The number of aliphatic carboxylic acids is 1. The number of amidine groups is 1. The van der Waals surface area contributed by atoms with Crippen LogP contribution in [0.5, 0.6) is 0 Å². The minimum Gasteiger partial charge on any atom is -0.480 e. The molecule has 1 unspecified atom stereocenters. The molecule has 170 valence electrons.